The molecule has 2 rings (SSSR count). The first-order valence-corrected chi connectivity index (χ1v) is 7.34. The summed E-state index contributed by atoms with van der Waals surface area (Å²) in [5.41, 5.74) is 1.33. The van der Waals surface area contributed by atoms with Crippen molar-refractivity contribution in [1.29, 1.82) is 0 Å². The van der Waals surface area contributed by atoms with Gasteiger partial charge in [0.15, 0.2) is 0 Å². The lowest BCUT2D eigenvalue weighted by Gasteiger charge is -2.09. The Morgan fingerprint density at radius 2 is 2.30 bits per heavy atom. The molecule has 1 aromatic heterocycles. The van der Waals surface area contributed by atoms with Crippen LogP contribution in [0.3, 0.4) is 0 Å². The summed E-state index contributed by atoms with van der Waals surface area (Å²) in [5.74, 6) is 1.87. The van der Waals surface area contributed by atoms with E-state index in [1.165, 1.54) is 6.07 Å². The van der Waals surface area contributed by atoms with Gasteiger partial charge in [0.25, 0.3) is 5.69 Å². The minimum Gasteiger partial charge on any atom is -0.384 e. The maximum absolute atomic E-state index is 11.0. The summed E-state index contributed by atoms with van der Waals surface area (Å²) in [6.07, 6.45) is 3.44. The fourth-order valence-electron chi connectivity index (χ4n) is 1.88. The van der Waals surface area contributed by atoms with Crippen molar-refractivity contribution in [3.63, 3.8) is 0 Å². The third-order valence-corrected chi connectivity index (χ3v) is 3.71. The van der Waals surface area contributed by atoms with Gasteiger partial charge in [-0.05, 0) is 18.2 Å². The largest absolute Gasteiger partial charge is 0.384 e. The molecule has 0 amide bonds. The van der Waals surface area contributed by atoms with Gasteiger partial charge in [-0.1, -0.05) is 6.08 Å². The molecule has 2 aromatic rings. The number of benzene rings is 1. The van der Waals surface area contributed by atoms with Crippen molar-refractivity contribution in [2.45, 2.75) is 0 Å². The van der Waals surface area contributed by atoms with Gasteiger partial charge in [-0.3, -0.25) is 10.1 Å². The highest BCUT2D eigenvalue weighted by Crippen LogP contribution is 2.29. The van der Waals surface area contributed by atoms with Crippen LogP contribution in [0.15, 0.2) is 43.1 Å². The highest BCUT2D eigenvalue weighted by molar-refractivity contribution is 7.99. The smallest absolute Gasteiger partial charge is 0.295 e. The van der Waals surface area contributed by atoms with Crippen LogP contribution in [0.5, 0.6) is 0 Å². The van der Waals surface area contributed by atoms with E-state index in [0.717, 1.165) is 29.1 Å². The lowest BCUT2D eigenvalue weighted by Crippen LogP contribution is -2.05. The first kappa shape index (κ1) is 14.3. The molecular formula is C14H15N3O2S. The van der Waals surface area contributed by atoms with E-state index >= 15 is 0 Å². The average Bonchev–Trinajstić information content (AvgIpc) is 2.46. The molecule has 0 aliphatic heterocycles. The molecular weight excluding hydrogens is 274 g/mol. The monoisotopic (exact) mass is 289 g/mol. The van der Waals surface area contributed by atoms with Crippen LogP contribution in [0.1, 0.15) is 0 Å². The van der Waals surface area contributed by atoms with E-state index in [9.17, 15) is 10.1 Å². The van der Waals surface area contributed by atoms with Crippen molar-refractivity contribution in [2.24, 2.45) is 0 Å². The summed E-state index contributed by atoms with van der Waals surface area (Å²) in [7, 11) is 0. The first-order valence-electron chi connectivity index (χ1n) is 6.18. The van der Waals surface area contributed by atoms with Gasteiger partial charge >= 0.3 is 0 Å². The van der Waals surface area contributed by atoms with Crippen molar-refractivity contribution in [3.8, 4) is 0 Å². The lowest BCUT2D eigenvalue weighted by molar-refractivity contribution is -0.383. The lowest BCUT2D eigenvalue weighted by atomic mass is 10.1. The molecule has 6 heteroatoms. The Labute approximate surface area is 121 Å². The summed E-state index contributed by atoms with van der Waals surface area (Å²) < 4.78 is 0. The molecule has 0 aliphatic carbocycles. The summed E-state index contributed by atoms with van der Waals surface area (Å²) in [5, 5.41) is 15.1. The molecule has 1 heterocycles. The highest BCUT2D eigenvalue weighted by Gasteiger charge is 2.14. The molecule has 20 heavy (non-hydrogen) atoms. The van der Waals surface area contributed by atoms with Gasteiger partial charge in [-0.15, -0.1) is 6.58 Å². The van der Waals surface area contributed by atoms with Crippen molar-refractivity contribution in [3.05, 3.63) is 53.2 Å². The third-order valence-electron chi connectivity index (χ3n) is 2.74. The van der Waals surface area contributed by atoms with Crippen molar-refractivity contribution in [2.75, 3.05) is 23.4 Å². The summed E-state index contributed by atoms with van der Waals surface area (Å²) >= 11 is 1.78. The number of thioether (sulfide) groups is 1. The zero-order chi connectivity index (χ0) is 14.4. The molecule has 0 radical (unpaired) electrons. The molecule has 0 saturated heterocycles. The van der Waals surface area contributed by atoms with Crippen LogP contribution in [0, 0.1) is 10.1 Å². The molecule has 5 nitrogen and oxygen atoms in total. The van der Waals surface area contributed by atoms with E-state index in [-0.39, 0.29) is 5.69 Å². The van der Waals surface area contributed by atoms with E-state index in [1.807, 2.05) is 12.1 Å². The van der Waals surface area contributed by atoms with Gasteiger partial charge in [0, 0.05) is 41.4 Å². The van der Waals surface area contributed by atoms with E-state index < -0.39 is 4.92 Å². The summed E-state index contributed by atoms with van der Waals surface area (Å²) in [6.45, 7) is 4.46. The molecule has 0 spiro atoms. The fraction of sp³-hybridized carbons (Fsp3) is 0.214. The van der Waals surface area contributed by atoms with E-state index in [1.54, 1.807) is 30.1 Å². The first-order chi connectivity index (χ1) is 9.74. The number of anilines is 1. The van der Waals surface area contributed by atoms with Crippen LogP contribution in [0.2, 0.25) is 0 Å². The number of nitro benzene ring substituents is 1. The number of hydrogen-bond donors (Lipinski definition) is 1. The predicted molar refractivity (Wildman–Crippen MR) is 84.4 cm³/mol. The van der Waals surface area contributed by atoms with Crippen molar-refractivity contribution in [1.82, 2.24) is 4.98 Å². The molecule has 0 aliphatic rings. The van der Waals surface area contributed by atoms with Gasteiger partial charge in [-0.25, -0.2) is 4.98 Å². The molecule has 0 fully saturated rings. The average molecular weight is 289 g/mol. The van der Waals surface area contributed by atoms with Gasteiger partial charge in [0.2, 0.25) is 0 Å². The quantitative estimate of drug-likeness (QED) is 0.366. The minimum absolute atomic E-state index is 0.0344. The predicted octanol–water partition coefficient (Wildman–Crippen LogP) is 3.47. The Morgan fingerprint density at radius 1 is 1.45 bits per heavy atom. The Morgan fingerprint density at radius 3 is 3.05 bits per heavy atom. The number of aromatic nitrogens is 1. The molecule has 0 atom stereocenters. The number of rotatable bonds is 7. The Hall–Kier alpha value is -2.08. The van der Waals surface area contributed by atoms with Gasteiger partial charge in [0.1, 0.15) is 5.52 Å². The van der Waals surface area contributed by atoms with Crippen molar-refractivity contribution < 1.29 is 4.92 Å². The fourth-order valence-corrected chi connectivity index (χ4v) is 2.46. The number of fused-ring (bicyclic) bond motifs is 1. The van der Waals surface area contributed by atoms with E-state index in [4.69, 9.17) is 0 Å². The Balaban J connectivity index is 2.20. The number of non-ortho nitro benzene ring substituents is 1. The zero-order valence-electron chi connectivity index (χ0n) is 10.9. The van der Waals surface area contributed by atoms with Crippen LogP contribution >= 0.6 is 11.8 Å². The Bertz CT molecular complexity index is 631. The van der Waals surface area contributed by atoms with Gasteiger partial charge in [0.05, 0.1) is 4.92 Å². The summed E-state index contributed by atoms with van der Waals surface area (Å²) in [6, 6.07) is 6.85. The Kier molecular flexibility index (Phi) is 4.95. The molecule has 1 N–H and O–H groups in total. The van der Waals surface area contributed by atoms with Crippen LogP contribution in [-0.2, 0) is 0 Å². The number of hydrogen-bond acceptors (Lipinski definition) is 5. The van der Waals surface area contributed by atoms with Gasteiger partial charge in [-0.2, -0.15) is 11.8 Å². The van der Waals surface area contributed by atoms with Crippen molar-refractivity contribution >= 4 is 34.0 Å². The second kappa shape index (κ2) is 6.91. The molecule has 0 saturated carbocycles. The SMILES string of the molecule is C=CCSCCNc1ccc([N+](=O)[O-])c2ncccc12. The standard InChI is InChI=1S/C14H15N3O2S/c1-2-9-20-10-8-15-12-5-6-13(17(18)19)14-11(12)4-3-7-16-14/h2-7,15H,1,8-10H2. The number of nitrogens with zero attached hydrogens (tertiary/aromatic N) is 2. The van der Waals surface area contributed by atoms with Crippen LogP contribution in [0.4, 0.5) is 11.4 Å². The number of nitrogens with one attached hydrogen (secondary N) is 1. The third kappa shape index (κ3) is 3.27. The summed E-state index contributed by atoms with van der Waals surface area (Å²) in [4.78, 5) is 14.7. The van der Waals surface area contributed by atoms with Crippen LogP contribution in [0.25, 0.3) is 10.9 Å². The molecule has 1 aromatic carbocycles. The second-order valence-corrected chi connectivity index (χ2v) is 5.23. The second-order valence-electron chi connectivity index (χ2n) is 4.08. The number of nitro groups is 1. The normalized spacial score (nSPS) is 10.4. The van der Waals surface area contributed by atoms with Crippen LogP contribution < -0.4 is 5.32 Å². The van der Waals surface area contributed by atoms with E-state index in [0.29, 0.717) is 5.52 Å². The molecule has 104 valence electrons. The maximum atomic E-state index is 11.0. The molecule has 0 unspecified atom stereocenters. The number of pyridine rings is 1. The van der Waals surface area contributed by atoms with Gasteiger partial charge < -0.3 is 5.32 Å². The highest BCUT2D eigenvalue weighted by atomic mass is 32.2. The topological polar surface area (TPSA) is 68.1 Å². The maximum Gasteiger partial charge on any atom is 0.295 e. The van der Waals surface area contributed by atoms with Crippen LogP contribution in [-0.4, -0.2) is 28.0 Å². The molecule has 0 bridgehead atoms. The van der Waals surface area contributed by atoms with E-state index in [2.05, 4.69) is 16.9 Å². The zero-order valence-corrected chi connectivity index (χ0v) is 11.7. The minimum atomic E-state index is -0.404.